The minimum absolute atomic E-state index is 0.402. The summed E-state index contributed by atoms with van der Waals surface area (Å²) in [6.07, 6.45) is 1.75. The molecule has 2 nitrogen and oxygen atoms in total. The van der Waals surface area contributed by atoms with Gasteiger partial charge in [0.15, 0.2) is 0 Å². The fourth-order valence-corrected chi connectivity index (χ4v) is 4.53. The summed E-state index contributed by atoms with van der Waals surface area (Å²) in [6, 6.07) is 23.6. The molecule has 4 rings (SSSR count). The first-order chi connectivity index (χ1) is 12.7. The normalized spacial score (nSPS) is 14.7. The lowest BCUT2D eigenvalue weighted by Gasteiger charge is -2.35. The highest BCUT2D eigenvalue weighted by Gasteiger charge is 2.46. The molecular weight excluding hydrogens is 318 g/mol. The van der Waals surface area contributed by atoms with Crippen LogP contribution >= 0.6 is 0 Å². The summed E-state index contributed by atoms with van der Waals surface area (Å²) in [4.78, 5) is 0. The van der Waals surface area contributed by atoms with Crippen LogP contribution in [0.3, 0.4) is 0 Å². The Bertz CT molecular complexity index is 971. The minimum Gasteiger partial charge on any atom is -0.496 e. The van der Waals surface area contributed by atoms with E-state index in [1.165, 1.54) is 27.8 Å². The molecule has 0 radical (unpaired) electrons. The molecular formula is C24H23NO. The van der Waals surface area contributed by atoms with Crippen molar-refractivity contribution < 1.29 is 4.74 Å². The number of methoxy groups -OCH3 is 1. The number of hydrogen-bond donors (Lipinski definition) is 1. The molecule has 0 amide bonds. The maximum Gasteiger partial charge on any atom is 0.122 e. The van der Waals surface area contributed by atoms with Gasteiger partial charge in [0.1, 0.15) is 5.75 Å². The maximum atomic E-state index is 6.12. The van der Waals surface area contributed by atoms with Crippen LogP contribution in [0.5, 0.6) is 5.75 Å². The third-order valence-electron chi connectivity index (χ3n) is 5.70. The Morgan fingerprint density at radius 2 is 1.38 bits per heavy atom. The average molecular weight is 341 g/mol. The second-order valence-corrected chi connectivity index (χ2v) is 6.82. The zero-order valence-electron chi connectivity index (χ0n) is 15.4. The van der Waals surface area contributed by atoms with Gasteiger partial charge >= 0.3 is 0 Å². The first kappa shape index (κ1) is 16.5. The number of rotatable bonds is 3. The lowest BCUT2D eigenvalue weighted by Crippen LogP contribution is -2.30. The standard InChI is InChI=1S/C24H23NO/c1-16(15-25)24(20-13-8-14-23(26-3)17(20)2)21-11-6-4-9-18(21)19-10-5-7-12-22(19)24/h4-15H,25H2,1-3H3/b16-15+. The van der Waals surface area contributed by atoms with Crippen molar-refractivity contribution in [1.82, 2.24) is 0 Å². The van der Waals surface area contributed by atoms with Crippen molar-refractivity contribution in [3.8, 4) is 16.9 Å². The summed E-state index contributed by atoms with van der Waals surface area (Å²) in [5, 5.41) is 0. The molecule has 0 spiro atoms. The van der Waals surface area contributed by atoms with Crippen LogP contribution in [-0.2, 0) is 5.41 Å². The molecule has 0 aliphatic heterocycles. The summed E-state index contributed by atoms with van der Waals surface area (Å²) in [5.74, 6) is 0.897. The SMILES string of the molecule is COc1cccc(C2(/C(C)=C/N)c3ccccc3-c3ccccc32)c1C. The van der Waals surface area contributed by atoms with Crippen LogP contribution in [0.15, 0.2) is 78.5 Å². The second-order valence-electron chi connectivity index (χ2n) is 6.82. The van der Waals surface area contributed by atoms with Crippen molar-refractivity contribution in [2.75, 3.05) is 7.11 Å². The van der Waals surface area contributed by atoms with Crippen LogP contribution in [0.1, 0.15) is 29.2 Å². The summed E-state index contributed by atoms with van der Waals surface area (Å²) < 4.78 is 5.63. The Hall–Kier alpha value is -3.00. The molecule has 0 saturated carbocycles. The zero-order valence-corrected chi connectivity index (χ0v) is 15.4. The van der Waals surface area contributed by atoms with E-state index in [2.05, 4.69) is 74.5 Å². The first-order valence-corrected chi connectivity index (χ1v) is 8.88. The second kappa shape index (κ2) is 6.06. The molecule has 1 aliphatic rings. The number of hydrogen-bond acceptors (Lipinski definition) is 2. The van der Waals surface area contributed by atoms with E-state index in [1.807, 2.05) is 6.07 Å². The molecule has 0 heterocycles. The van der Waals surface area contributed by atoms with Gasteiger partial charge in [0, 0.05) is 0 Å². The van der Waals surface area contributed by atoms with Gasteiger partial charge in [-0.3, -0.25) is 0 Å². The molecule has 26 heavy (non-hydrogen) atoms. The smallest absolute Gasteiger partial charge is 0.122 e. The van der Waals surface area contributed by atoms with Crippen LogP contribution in [0.25, 0.3) is 11.1 Å². The summed E-state index contributed by atoms with van der Waals surface area (Å²) >= 11 is 0. The Labute approximate surface area is 154 Å². The minimum atomic E-state index is -0.402. The molecule has 3 aromatic carbocycles. The van der Waals surface area contributed by atoms with Gasteiger partial charge in [-0.25, -0.2) is 0 Å². The Morgan fingerprint density at radius 3 is 1.92 bits per heavy atom. The zero-order chi connectivity index (χ0) is 18.3. The van der Waals surface area contributed by atoms with Crippen LogP contribution in [0.2, 0.25) is 0 Å². The molecule has 0 fully saturated rings. The van der Waals surface area contributed by atoms with Crippen molar-refractivity contribution in [3.05, 3.63) is 101 Å². The first-order valence-electron chi connectivity index (χ1n) is 8.88. The van der Waals surface area contributed by atoms with Gasteiger partial charge in [-0.05, 0) is 65.1 Å². The van der Waals surface area contributed by atoms with E-state index in [-0.39, 0.29) is 0 Å². The molecule has 0 bridgehead atoms. The van der Waals surface area contributed by atoms with Gasteiger partial charge in [-0.15, -0.1) is 0 Å². The lowest BCUT2D eigenvalue weighted by atomic mass is 9.66. The van der Waals surface area contributed by atoms with Crippen molar-refractivity contribution in [2.24, 2.45) is 5.73 Å². The van der Waals surface area contributed by atoms with Gasteiger partial charge in [0.2, 0.25) is 0 Å². The fraction of sp³-hybridized carbons (Fsp3) is 0.167. The number of fused-ring (bicyclic) bond motifs is 3. The highest BCUT2D eigenvalue weighted by molar-refractivity contribution is 5.86. The van der Waals surface area contributed by atoms with E-state index >= 15 is 0 Å². The third-order valence-corrected chi connectivity index (χ3v) is 5.70. The number of allylic oxidation sites excluding steroid dienone is 1. The van der Waals surface area contributed by atoms with Crippen LogP contribution in [-0.4, -0.2) is 7.11 Å². The van der Waals surface area contributed by atoms with E-state index in [0.717, 1.165) is 16.9 Å². The number of benzene rings is 3. The van der Waals surface area contributed by atoms with E-state index in [1.54, 1.807) is 13.3 Å². The van der Waals surface area contributed by atoms with E-state index in [4.69, 9.17) is 10.5 Å². The van der Waals surface area contributed by atoms with E-state index in [9.17, 15) is 0 Å². The van der Waals surface area contributed by atoms with Gasteiger partial charge in [0.05, 0.1) is 12.5 Å². The maximum absolute atomic E-state index is 6.12. The molecule has 0 atom stereocenters. The summed E-state index contributed by atoms with van der Waals surface area (Å²) in [5.41, 5.74) is 14.3. The monoisotopic (exact) mass is 341 g/mol. The Balaban J connectivity index is 2.20. The van der Waals surface area contributed by atoms with Crippen LogP contribution < -0.4 is 10.5 Å². The molecule has 130 valence electrons. The Morgan fingerprint density at radius 1 is 0.846 bits per heavy atom. The fourth-order valence-electron chi connectivity index (χ4n) is 4.53. The largest absolute Gasteiger partial charge is 0.496 e. The topological polar surface area (TPSA) is 35.2 Å². The highest BCUT2D eigenvalue weighted by Crippen LogP contribution is 2.56. The highest BCUT2D eigenvalue weighted by atomic mass is 16.5. The van der Waals surface area contributed by atoms with Crippen molar-refractivity contribution in [1.29, 1.82) is 0 Å². The predicted octanol–water partition coefficient (Wildman–Crippen LogP) is 5.18. The van der Waals surface area contributed by atoms with Gasteiger partial charge in [0.25, 0.3) is 0 Å². The summed E-state index contributed by atoms with van der Waals surface area (Å²) in [7, 11) is 1.72. The number of nitrogens with two attached hydrogens (primary N) is 1. The molecule has 2 heteroatoms. The molecule has 2 N–H and O–H groups in total. The van der Waals surface area contributed by atoms with Crippen molar-refractivity contribution in [2.45, 2.75) is 19.3 Å². The molecule has 0 aromatic heterocycles. The molecule has 3 aromatic rings. The average Bonchev–Trinajstić information content (AvgIpc) is 2.99. The van der Waals surface area contributed by atoms with Crippen LogP contribution in [0, 0.1) is 6.92 Å². The molecule has 1 aliphatic carbocycles. The van der Waals surface area contributed by atoms with Crippen LogP contribution in [0.4, 0.5) is 0 Å². The predicted molar refractivity (Wildman–Crippen MR) is 107 cm³/mol. The molecule has 0 saturated heterocycles. The third kappa shape index (κ3) is 1.99. The lowest BCUT2D eigenvalue weighted by molar-refractivity contribution is 0.410. The molecule has 0 unspecified atom stereocenters. The van der Waals surface area contributed by atoms with Gasteiger partial charge in [-0.1, -0.05) is 60.7 Å². The van der Waals surface area contributed by atoms with Crippen molar-refractivity contribution >= 4 is 0 Å². The number of ether oxygens (including phenoxy) is 1. The van der Waals surface area contributed by atoms with E-state index in [0.29, 0.717) is 0 Å². The van der Waals surface area contributed by atoms with Gasteiger partial charge < -0.3 is 10.5 Å². The quantitative estimate of drug-likeness (QED) is 0.712. The van der Waals surface area contributed by atoms with Gasteiger partial charge in [-0.2, -0.15) is 0 Å². The van der Waals surface area contributed by atoms with Crippen molar-refractivity contribution in [3.63, 3.8) is 0 Å². The Kier molecular flexibility index (Phi) is 3.84. The summed E-state index contributed by atoms with van der Waals surface area (Å²) in [6.45, 7) is 4.25. The van der Waals surface area contributed by atoms with E-state index < -0.39 is 5.41 Å².